The third-order valence-electron chi connectivity index (χ3n) is 2.98. The summed E-state index contributed by atoms with van der Waals surface area (Å²) in [5.41, 5.74) is 0.606. The molecule has 0 bridgehead atoms. The molecule has 5 heteroatoms. The average Bonchev–Trinajstić information content (AvgIpc) is 2.83. The Morgan fingerprint density at radius 1 is 1.20 bits per heavy atom. The van der Waals surface area contributed by atoms with Crippen LogP contribution in [0.15, 0.2) is 46.9 Å². The summed E-state index contributed by atoms with van der Waals surface area (Å²) in [6, 6.07) is 10.9. The number of halogens is 2. The molecule has 0 saturated heterocycles. The van der Waals surface area contributed by atoms with Gasteiger partial charge < -0.3 is 9.52 Å². The normalized spacial score (nSPS) is 10.9. The summed E-state index contributed by atoms with van der Waals surface area (Å²) in [5.74, 6) is -1.67. The summed E-state index contributed by atoms with van der Waals surface area (Å²) in [6.07, 6.45) is 0. The zero-order valence-corrected chi connectivity index (χ0v) is 10.8. The largest absolute Gasteiger partial charge is 0.478 e. The molecule has 0 amide bonds. The Morgan fingerprint density at radius 2 is 2.00 bits per heavy atom. The van der Waals surface area contributed by atoms with Gasteiger partial charge in [0, 0.05) is 10.9 Å². The molecule has 0 aliphatic carbocycles. The van der Waals surface area contributed by atoms with Crippen molar-refractivity contribution in [1.82, 2.24) is 0 Å². The minimum Gasteiger partial charge on any atom is -0.478 e. The molecule has 0 unspecified atom stereocenters. The van der Waals surface area contributed by atoms with E-state index in [-0.39, 0.29) is 5.56 Å². The highest BCUT2D eigenvalue weighted by atomic mass is 35.5. The number of fused-ring (bicyclic) bond motifs is 1. The number of para-hydroxylation sites is 1. The second-order valence-corrected chi connectivity index (χ2v) is 4.68. The number of hydrogen-bond donors (Lipinski definition) is 1. The van der Waals surface area contributed by atoms with E-state index < -0.39 is 11.8 Å². The molecule has 0 radical (unpaired) electrons. The summed E-state index contributed by atoms with van der Waals surface area (Å²) in [7, 11) is 0. The van der Waals surface area contributed by atoms with Crippen LogP contribution < -0.4 is 0 Å². The Kier molecular flexibility index (Phi) is 2.95. The first-order chi connectivity index (χ1) is 9.56. The van der Waals surface area contributed by atoms with Gasteiger partial charge >= 0.3 is 5.97 Å². The molecule has 0 fully saturated rings. The fourth-order valence-electron chi connectivity index (χ4n) is 2.01. The Hall–Kier alpha value is -2.33. The Labute approximate surface area is 118 Å². The van der Waals surface area contributed by atoms with Crippen LogP contribution in [0.2, 0.25) is 5.02 Å². The second-order valence-electron chi connectivity index (χ2n) is 4.27. The van der Waals surface area contributed by atoms with Gasteiger partial charge in [0.1, 0.15) is 11.6 Å². The minimum absolute atomic E-state index is 0.372. The number of rotatable bonds is 2. The fourth-order valence-corrected chi connectivity index (χ4v) is 2.23. The van der Waals surface area contributed by atoms with Crippen LogP contribution in [0.1, 0.15) is 10.4 Å². The van der Waals surface area contributed by atoms with Crippen molar-refractivity contribution >= 4 is 28.5 Å². The van der Waals surface area contributed by atoms with Gasteiger partial charge in [0.15, 0.2) is 5.58 Å². The number of furan rings is 1. The number of carboxylic acid groups (broad SMARTS) is 1. The monoisotopic (exact) mass is 290 g/mol. The van der Waals surface area contributed by atoms with Crippen LogP contribution in [-0.4, -0.2) is 11.1 Å². The highest BCUT2D eigenvalue weighted by Crippen LogP contribution is 2.32. The standard InChI is InChI=1S/C15H8ClFO3/c16-11-3-1-2-9-7-13(20-14(9)11)8-4-5-10(15(18)19)12(17)6-8/h1-7H,(H,18,19). The Morgan fingerprint density at radius 3 is 2.65 bits per heavy atom. The molecule has 20 heavy (non-hydrogen) atoms. The van der Waals surface area contributed by atoms with Crippen LogP contribution in [0.5, 0.6) is 0 Å². The van der Waals surface area contributed by atoms with Crippen molar-refractivity contribution in [2.24, 2.45) is 0 Å². The quantitative estimate of drug-likeness (QED) is 0.751. The van der Waals surface area contributed by atoms with Gasteiger partial charge in [0.2, 0.25) is 0 Å². The Balaban J connectivity index is 2.13. The van der Waals surface area contributed by atoms with Gasteiger partial charge in [-0.05, 0) is 24.3 Å². The van der Waals surface area contributed by atoms with Crippen molar-refractivity contribution < 1.29 is 18.7 Å². The van der Waals surface area contributed by atoms with Crippen LogP contribution in [0, 0.1) is 5.82 Å². The molecule has 1 N–H and O–H groups in total. The predicted octanol–water partition coefficient (Wildman–Crippen LogP) is 4.59. The van der Waals surface area contributed by atoms with Crippen LogP contribution >= 0.6 is 11.6 Å². The molecule has 2 aromatic carbocycles. The second kappa shape index (κ2) is 4.65. The molecular formula is C15H8ClFO3. The van der Waals surface area contributed by atoms with Crippen molar-refractivity contribution in [2.75, 3.05) is 0 Å². The van der Waals surface area contributed by atoms with E-state index in [1.807, 2.05) is 6.07 Å². The Bertz CT molecular complexity index is 823. The number of benzene rings is 2. The first-order valence-corrected chi connectivity index (χ1v) is 6.15. The molecular weight excluding hydrogens is 283 g/mol. The van der Waals surface area contributed by atoms with Gasteiger partial charge in [0.25, 0.3) is 0 Å². The molecule has 3 rings (SSSR count). The lowest BCUT2D eigenvalue weighted by Gasteiger charge is -2.00. The summed E-state index contributed by atoms with van der Waals surface area (Å²) in [5, 5.41) is 10.1. The summed E-state index contributed by atoms with van der Waals surface area (Å²) >= 11 is 6.01. The molecule has 3 aromatic rings. The minimum atomic E-state index is -1.30. The van der Waals surface area contributed by atoms with Crippen molar-refractivity contribution in [1.29, 1.82) is 0 Å². The highest BCUT2D eigenvalue weighted by Gasteiger charge is 2.14. The predicted molar refractivity (Wildman–Crippen MR) is 73.6 cm³/mol. The van der Waals surface area contributed by atoms with E-state index in [0.717, 1.165) is 11.5 Å². The van der Waals surface area contributed by atoms with E-state index in [9.17, 15) is 9.18 Å². The van der Waals surface area contributed by atoms with E-state index in [0.29, 0.717) is 21.9 Å². The summed E-state index contributed by atoms with van der Waals surface area (Å²) in [6.45, 7) is 0. The maximum absolute atomic E-state index is 13.7. The van der Waals surface area contributed by atoms with Crippen molar-refractivity contribution in [3.05, 3.63) is 58.9 Å². The van der Waals surface area contributed by atoms with Gasteiger partial charge in [-0.25, -0.2) is 9.18 Å². The van der Waals surface area contributed by atoms with Crippen molar-refractivity contribution in [3.63, 3.8) is 0 Å². The lowest BCUT2D eigenvalue weighted by atomic mass is 10.1. The lowest BCUT2D eigenvalue weighted by molar-refractivity contribution is 0.0692. The topological polar surface area (TPSA) is 50.4 Å². The number of hydrogen-bond acceptors (Lipinski definition) is 2. The first kappa shape index (κ1) is 12.7. The summed E-state index contributed by atoms with van der Waals surface area (Å²) < 4.78 is 19.3. The number of aromatic carboxylic acids is 1. The number of carboxylic acids is 1. The van der Waals surface area contributed by atoms with E-state index in [2.05, 4.69) is 0 Å². The summed E-state index contributed by atoms with van der Waals surface area (Å²) in [4.78, 5) is 10.8. The van der Waals surface area contributed by atoms with Gasteiger partial charge in [-0.2, -0.15) is 0 Å². The molecule has 0 aliphatic rings. The third-order valence-corrected chi connectivity index (χ3v) is 3.28. The third kappa shape index (κ3) is 2.04. The molecule has 1 heterocycles. The van der Waals surface area contributed by atoms with Crippen LogP contribution in [0.4, 0.5) is 4.39 Å². The van der Waals surface area contributed by atoms with Crippen molar-refractivity contribution in [2.45, 2.75) is 0 Å². The van der Waals surface area contributed by atoms with Gasteiger partial charge in [-0.1, -0.05) is 29.8 Å². The van der Waals surface area contributed by atoms with E-state index >= 15 is 0 Å². The smallest absolute Gasteiger partial charge is 0.338 e. The fraction of sp³-hybridized carbons (Fsp3) is 0. The molecule has 1 aromatic heterocycles. The first-order valence-electron chi connectivity index (χ1n) is 5.77. The molecule has 0 spiro atoms. The molecule has 3 nitrogen and oxygen atoms in total. The zero-order chi connectivity index (χ0) is 14.3. The van der Waals surface area contributed by atoms with Gasteiger partial charge in [-0.15, -0.1) is 0 Å². The maximum Gasteiger partial charge on any atom is 0.338 e. The molecule has 0 aliphatic heterocycles. The SMILES string of the molecule is O=C(O)c1ccc(-c2cc3cccc(Cl)c3o2)cc1F. The highest BCUT2D eigenvalue weighted by molar-refractivity contribution is 6.34. The van der Waals surface area contributed by atoms with E-state index in [4.69, 9.17) is 21.1 Å². The average molecular weight is 291 g/mol. The molecule has 0 saturated carbocycles. The molecule has 100 valence electrons. The van der Waals surface area contributed by atoms with Gasteiger partial charge in [0.05, 0.1) is 10.6 Å². The van der Waals surface area contributed by atoms with Crippen LogP contribution in [0.3, 0.4) is 0 Å². The van der Waals surface area contributed by atoms with Crippen molar-refractivity contribution in [3.8, 4) is 11.3 Å². The van der Waals surface area contributed by atoms with Crippen LogP contribution in [0.25, 0.3) is 22.3 Å². The van der Waals surface area contributed by atoms with E-state index in [1.165, 1.54) is 12.1 Å². The number of carbonyl (C=O) groups is 1. The van der Waals surface area contributed by atoms with Gasteiger partial charge in [-0.3, -0.25) is 0 Å². The van der Waals surface area contributed by atoms with Crippen LogP contribution in [-0.2, 0) is 0 Å². The lowest BCUT2D eigenvalue weighted by Crippen LogP contribution is -1.99. The van der Waals surface area contributed by atoms with E-state index in [1.54, 1.807) is 18.2 Å². The molecule has 0 atom stereocenters. The maximum atomic E-state index is 13.7. The zero-order valence-electron chi connectivity index (χ0n) is 10.1.